The van der Waals surface area contributed by atoms with Gasteiger partial charge in [0.05, 0.1) is 5.69 Å². The highest BCUT2D eigenvalue weighted by Gasteiger charge is 2.37. The summed E-state index contributed by atoms with van der Waals surface area (Å²) in [4.78, 5) is 27.5. The van der Waals surface area contributed by atoms with E-state index >= 15 is 0 Å². The number of anilines is 1. The van der Waals surface area contributed by atoms with Crippen molar-refractivity contribution in [2.24, 2.45) is 0 Å². The predicted molar refractivity (Wildman–Crippen MR) is 126 cm³/mol. The van der Waals surface area contributed by atoms with Gasteiger partial charge in [-0.05, 0) is 64.8 Å². The summed E-state index contributed by atoms with van der Waals surface area (Å²) in [5.74, 6) is 2.64. The number of carbonyl (C=O) groups excluding carboxylic acids is 1. The van der Waals surface area contributed by atoms with Crippen molar-refractivity contribution in [3.63, 3.8) is 0 Å². The van der Waals surface area contributed by atoms with Crippen LogP contribution in [0.1, 0.15) is 55.3 Å². The van der Waals surface area contributed by atoms with Gasteiger partial charge >= 0.3 is 0 Å². The van der Waals surface area contributed by atoms with Crippen molar-refractivity contribution in [1.29, 1.82) is 0 Å². The van der Waals surface area contributed by atoms with Crippen LogP contribution in [-0.2, 0) is 17.8 Å². The Bertz CT molecular complexity index is 990. The number of benzene rings is 1. The maximum Gasteiger partial charge on any atom is 0.266 e. The zero-order valence-electron chi connectivity index (χ0n) is 19.9. The van der Waals surface area contributed by atoms with E-state index in [9.17, 15) is 4.79 Å². The van der Waals surface area contributed by atoms with Gasteiger partial charge in [0.2, 0.25) is 0 Å². The van der Waals surface area contributed by atoms with Gasteiger partial charge in [-0.25, -0.2) is 9.97 Å². The molecule has 4 rings (SSSR count). The highest BCUT2D eigenvalue weighted by Crippen LogP contribution is 2.31. The van der Waals surface area contributed by atoms with Crippen LogP contribution in [0.4, 0.5) is 5.82 Å². The van der Waals surface area contributed by atoms with Crippen LogP contribution in [0.3, 0.4) is 0 Å². The number of aromatic nitrogens is 2. The molecule has 172 valence electrons. The number of hydrogen-bond donors (Lipinski definition) is 1. The molecule has 1 unspecified atom stereocenters. The maximum atomic E-state index is 13.4. The third-order valence-electron chi connectivity index (χ3n) is 6.46. The number of likely N-dealkylation sites (N-methyl/N-ethyl adjacent to an activating group) is 1. The molecule has 0 radical (unpaired) electrons. The first-order valence-electron chi connectivity index (χ1n) is 11.6. The number of nitrogens with zero attached hydrogens (tertiary/aromatic N) is 4. The fourth-order valence-electron chi connectivity index (χ4n) is 4.74. The van der Waals surface area contributed by atoms with Gasteiger partial charge in [-0.3, -0.25) is 4.79 Å². The fraction of sp³-hybridized carbons (Fsp3) is 0.560. The zero-order valence-corrected chi connectivity index (χ0v) is 19.9. The van der Waals surface area contributed by atoms with Gasteiger partial charge in [0, 0.05) is 44.7 Å². The summed E-state index contributed by atoms with van der Waals surface area (Å²) in [6, 6.07) is 7.84. The molecule has 0 spiro atoms. The molecule has 1 fully saturated rings. The maximum absolute atomic E-state index is 13.4. The van der Waals surface area contributed by atoms with E-state index in [0.29, 0.717) is 6.54 Å². The second-order valence-corrected chi connectivity index (χ2v) is 9.61. The third kappa shape index (κ3) is 4.72. The minimum absolute atomic E-state index is 0.00948. The number of piperidine rings is 1. The first-order valence-corrected chi connectivity index (χ1v) is 11.6. The number of carbonyl (C=O) groups is 1. The molecule has 7 nitrogen and oxygen atoms in total. The van der Waals surface area contributed by atoms with Crippen LogP contribution in [0.15, 0.2) is 24.3 Å². The number of hydrogen-bond acceptors (Lipinski definition) is 6. The van der Waals surface area contributed by atoms with Gasteiger partial charge in [-0.15, -0.1) is 0 Å². The van der Waals surface area contributed by atoms with Crippen molar-refractivity contribution in [2.45, 2.75) is 58.1 Å². The smallest absolute Gasteiger partial charge is 0.266 e. The van der Waals surface area contributed by atoms with Gasteiger partial charge in [0.25, 0.3) is 5.91 Å². The average molecular weight is 438 g/mol. The Labute approximate surface area is 191 Å². The van der Waals surface area contributed by atoms with Crippen LogP contribution in [0.5, 0.6) is 5.75 Å². The van der Waals surface area contributed by atoms with Crippen molar-refractivity contribution >= 4 is 11.7 Å². The van der Waals surface area contributed by atoms with Gasteiger partial charge in [0.15, 0.2) is 5.60 Å². The molecule has 1 N–H and O–H groups in total. The Hall–Kier alpha value is -2.67. The molecule has 0 saturated carbocycles. The Kier molecular flexibility index (Phi) is 6.38. The summed E-state index contributed by atoms with van der Waals surface area (Å²) >= 11 is 0. The number of nitrogens with one attached hydrogen (secondary N) is 1. The van der Waals surface area contributed by atoms with E-state index < -0.39 is 5.60 Å². The van der Waals surface area contributed by atoms with Crippen LogP contribution < -0.4 is 10.1 Å². The zero-order chi connectivity index (χ0) is 22.9. The Morgan fingerprint density at radius 2 is 2.06 bits per heavy atom. The Morgan fingerprint density at radius 1 is 1.25 bits per heavy atom. The van der Waals surface area contributed by atoms with E-state index in [0.717, 1.165) is 67.5 Å². The molecular weight excluding hydrogens is 402 g/mol. The molecule has 1 amide bonds. The molecule has 1 aromatic heterocycles. The minimum Gasteiger partial charge on any atom is -0.478 e. The van der Waals surface area contributed by atoms with Gasteiger partial charge < -0.3 is 19.9 Å². The molecule has 1 atom stereocenters. The summed E-state index contributed by atoms with van der Waals surface area (Å²) in [7, 11) is 4.05. The molecule has 7 heteroatoms. The predicted octanol–water partition coefficient (Wildman–Crippen LogP) is 3.38. The molecule has 2 aliphatic rings. The molecule has 2 aliphatic heterocycles. The SMILES string of the molecule is CNc1nc(C2CCCN(C(=O)C(C)(C)Oc3cccc(C)c3)C2)nc2c1CCN(C)C2. The largest absolute Gasteiger partial charge is 0.478 e. The van der Waals surface area contributed by atoms with Crippen molar-refractivity contribution in [3.05, 3.63) is 46.9 Å². The molecule has 0 aliphatic carbocycles. The van der Waals surface area contributed by atoms with Gasteiger partial charge in [-0.2, -0.15) is 0 Å². The van der Waals surface area contributed by atoms with Crippen LogP contribution in [0, 0.1) is 6.92 Å². The van der Waals surface area contributed by atoms with Gasteiger partial charge in [-0.1, -0.05) is 12.1 Å². The van der Waals surface area contributed by atoms with Crippen LogP contribution in [0.25, 0.3) is 0 Å². The quantitative estimate of drug-likeness (QED) is 0.773. The van der Waals surface area contributed by atoms with Crippen molar-refractivity contribution in [3.8, 4) is 5.75 Å². The summed E-state index contributed by atoms with van der Waals surface area (Å²) < 4.78 is 6.12. The highest BCUT2D eigenvalue weighted by atomic mass is 16.5. The van der Waals surface area contributed by atoms with E-state index in [1.165, 1.54) is 5.56 Å². The lowest BCUT2D eigenvalue weighted by molar-refractivity contribution is -0.146. The fourth-order valence-corrected chi connectivity index (χ4v) is 4.74. The lowest BCUT2D eigenvalue weighted by Crippen LogP contribution is -2.51. The van der Waals surface area contributed by atoms with E-state index in [4.69, 9.17) is 14.7 Å². The van der Waals surface area contributed by atoms with Crippen molar-refractivity contribution in [2.75, 3.05) is 39.0 Å². The Morgan fingerprint density at radius 3 is 2.81 bits per heavy atom. The summed E-state index contributed by atoms with van der Waals surface area (Å²) in [6.45, 7) is 8.95. The summed E-state index contributed by atoms with van der Waals surface area (Å²) in [6.07, 6.45) is 2.88. The van der Waals surface area contributed by atoms with Crippen LogP contribution in [0.2, 0.25) is 0 Å². The number of rotatable bonds is 5. The number of amides is 1. The molecule has 0 bridgehead atoms. The van der Waals surface area contributed by atoms with E-state index in [1.54, 1.807) is 0 Å². The monoisotopic (exact) mass is 437 g/mol. The molecule has 1 aromatic carbocycles. The highest BCUT2D eigenvalue weighted by molar-refractivity contribution is 5.85. The Balaban J connectivity index is 1.52. The first-order chi connectivity index (χ1) is 15.3. The molecule has 1 saturated heterocycles. The van der Waals surface area contributed by atoms with Crippen molar-refractivity contribution < 1.29 is 9.53 Å². The lowest BCUT2D eigenvalue weighted by atomic mass is 9.94. The number of aryl methyl sites for hydroxylation is 1. The number of fused-ring (bicyclic) bond motifs is 1. The lowest BCUT2D eigenvalue weighted by Gasteiger charge is -2.37. The van der Waals surface area contributed by atoms with E-state index in [1.807, 2.05) is 57.0 Å². The van der Waals surface area contributed by atoms with Crippen molar-refractivity contribution in [1.82, 2.24) is 19.8 Å². The average Bonchev–Trinajstić information content (AvgIpc) is 2.77. The normalized spacial score (nSPS) is 19.4. The second kappa shape index (κ2) is 9.06. The molecule has 2 aromatic rings. The van der Waals surface area contributed by atoms with Crippen LogP contribution in [-0.4, -0.2) is 65.0 Å². The molecular formula is C25H35N5O2. The summed E-state index contributed by atoms with van der Waals surface area (Å²) in [5.41, 5.74) is 2.51. The number of ether oxygens (including phenoxy) is 1. The molecule has 3 heterocycles. The second-order valence-electron chi connectivity index (χ2n) is 9.61. The molecule has 32 heavy (non-hydrogen) atoms. The van der Waals surface area contributed by atoms with E-state index in [2.05, 4.69) is 17.3 Å². The van der Waals surface area contributed by atoms with E-state index in [-0.39, 0.29) is 11.8 Å². The minimum atomic E-state index is -0.939. The summed E-state index contributed by atoms with van der Waals surface area (Å²) in [5, 5.41) is 3.27. The van der Waals surface area contributed by atoms with Crippen LogP contribution >= 0.6 is 0 Å². The van der Waals surface area contributed by atoms with Gasteiger partial charge in [0.1, 0.15) is 17.4 Å². The first kappa shape index (κ1) is 22.5. The number of likely N-dealkylation sites (tertiary alicyclic amines) is 1. The standard InChI is InChI=1S/C25H35N5O2/c1-17-8-6-10-19(14-17)32-25(2,3)24(31)30-12-7-9-18(15-30)22-27-21-16-29(5)13-11-20(21)23(26-4)28-22/h6,8,10,14,18H,7,9,11-13,15-16H2,1-5H3,(H,26,27,28). The topological polar surface area (TPSA) is 70.6 Å². The third-order valence-corrected chi connectivity index (χ3v) is 6.46.